The standard InChI is InChI=1S/C24H31NO3/c1-23(2)17-24(11-13-28-23,15-19-6-4-3-5-7-19)10-12-25-16-20-8-9-21-22(14-20)27-18-26-21/h3-9,14,25H,10-13,15-18H2,1-2H3/p+1/t24-/m1/s1. The maximum Gasteiger partial charge on any atom is 0.231 e. The van der Waals surface area contributed by atoms with Crippen molar-refractivity contribution in [1.82, 2.24) is 0 Å². The van der Waals surface area contributed by atoms with Crippen LogP contribution in [0.2, 0.25) is 0 Å². The second kappa shape index (κ2) is 8.14. The average molecular weight is 383 g/mol. The molecular formula is C24H32NO3+. The molecule has 0 radical (unpaired) electrons. The molecule has 150 valence electrons. The van der Waals surface area contributed by atoms with Crippen molar-refractivity contribution >= 4 is 0 Å². The third-order valence-corrected chi connectivity index (χ3v) is 6.04. The molecule has 0 unspecified atom stereocenters. The van der Waals surface area contributed by atoms with E-state index in [2.05, 4.69) is 61.6 Å². The van der Waals surface area contributed by atoms with Crippen molar-refractivity contribution in [1.29, 1.82) is 0 Å². The van der Waals surface area contributed by atoms with Crippen molar-refractivity contribution < 1.29 is 19.5 Å². The quantitative estimate of drug-likeness (QED) is 0.743. The normalized spacial score (nSPS) is 22.9. The van der Waals surface area contributed by atoms with Gasteiger partial charge < -0.3 is 19.5 Å². The molecule has 0 aromatic heterocycles. The Bertz CT molecular complexity index is 790. The minimum Gasteiger partial charge on any atom is -0.454 e. The van der Waals surface area contributed by atoms with Gasteiger partial charge in [-0.1, -0.05) is 30.3 Å². The molecule has 4 nitrogen and oxygen atoms in total. The Morgan fingerprint density at radius 2 is 1.79 bits per heavy atom. The van der Waals surface area contributed by atoms with Gasteiger partial charge in [-0.3, -0.25) is 0 Å². The fourth-order valence-corrected chi connectivity index (χ4v) is 4.81. The first-order valence-corrected chi connectivity index (χ1v) is 10.4. The highest BCUT2D eigenvalue weighted by molar-refractivity contribution is 5.44. The van der Waals surface area contributed by atoms with E-state index in [0.29, 0.717) is 12.2 Å². The molecule has 0 aliphatic carbocycles. The number of fused-ring (bicyclic) bond motifs is 1. The van der Waals surface area contributed by atoms with E-state index in [0.717, 1.165) is 50.5 Å². The molecule has 2 N–H and O–H groups in total. The summed E-state index contributed by atoms with van der Waals surface area (Å²) in [5.41, 5.74) is 3.00. The van der Waals surface area contributed by atoms with E-state index < -0.39 is 0 Å². The second-order valence-electron chi connectivity index (χ2n) is 8.92. The van der Waals surface area contributed by atoms with Crippen LogP contribution in [0, 0.1) is 5.41 Å². The van der Waals surface area contributed by atoms with Gasteiger partial charge in [-0.15, -0.1) is 0 Å². The van der Waals surface area contributed by atoms with Gasteiger partial charge in [0, 0.05) is 18.6 Å². The Kier molecular flexibility index (Phi) is 5.61. The molecule has 1 fully saturated rings. The number of rotatable bonds is 7. The summed E-state index contributed by atoms with van der Waals surface area (Å²) in [5.74, 6) is 1.73. The van der Waals surface area contributed by atoms with Crippen molar-refractivity contribution in [2.24, 2.45) is 5.41 Å². The number of hydrogen-bond acceptors (Lipinski definition) is 3. The Balaban J connectivity index is 1.37. The average Bonchev–Trinajstić information content (AvgIpc) is 3.13. The van der Waals surface area contributed by atoms with Gasteiger partial charge in [-0.05, 0) is 62.3 Å². The third-order valence-electron chi connectivity index (χ3n) is 6.04. The Morgan fingerprint density at radius 3 is 2.61 bits per heavy atom. The molecule has 1 saturated heterocycles. The molecule has 2 aliphatic heterocycles. The maximum absolute atomic E-state index is 6.04. The summed E-state index contributed by atoms with van der Waals surface area (Å²) in [6.07, 6.45) is 4.60. The molecule has 28 heavy (non-hydrogen) atoms. The van der Waals surface area contributed by atoms with Crippen LogP contribution in [-0.2, 0) is 17.7 Å². The number of benzene rings is 2. The summed E-state index contributed by atoms with van der Waals surface area (Å²) < 4.78 is 16.9. The SMILES string of the molecule is CC1(C)C[C@@](CC[NH2+]Cc2ccc3c(c2)OCO3)(Cc2ccccc2)CCO1. The number of ether oxygens (including phenoxy) is 3. The Labute approximate surface area is 168 Å². The molecule has 2 aromatic rings. The molecule has 0 spiro atoms. The molecule has 4 heteroatoms. The molecule has 1 atom stereocenters. The van der Waals surface area contributed by atoms with Gasteiger partial charge in [0.05, 0.1) is 12.1 Å². The number of nitrogens with two attached hydrogens (primary N) is 1. The summed E-state index contributed by atoms with van der Waals surface area (Å²) in [5, 5.41) is 2.42. The third kappa shape index (κ3) is 4.68. The first kappa shape index (κ1) is 19.3. The fourth-order valence-electron chi connectivity index (χ4n) is 4.81. The van der Waals surface area contributed by atoms with E-state index in [4.69, 9.17) is 14.2 Å². The second-order valence-corrected chi connectivity index (χ2v) is 8.92. The summed E-state index contributed by atoms with van der Waals surface area (Å²) in [4.78, 5) is 0. The Morgan fingerprint density at radius 1 is 0.964 bits per heavy atom. The summed E-state index contributed by atoms with van der Waals surface area (Å²) in [6, 6.07) is 17.2. The predicted molar refractivity (Wildman–Crippen MR) is 110 cm³/mol. The molecule has 2 heterocycles. The highest BCUT2D eigenvalue weighted by Crippen LogP contribution is 2.43. The number of hydrogen-bond donors (Lipinski definition) is 1. The monoisotopic (exact) mass is 382 g/mol. The van der Waals surface area contributed by atoms with E-state index in [-0.39, 0.29) is 5.60 Å². The largest absolute Gasteiger partial charge is 0.454 e. The fraction of sp³-hybridized carbons (Fsp3) is 0.500. The smallest absolute Gasteiger partial charge is 0.231 e. The maximum atomic E-state index is 6.04. The first-order chi connectivity index (χ1) is 13.5. The van der Waals surface area contributed by atoms with E-state index in [1.165, 1.54) is 17.5 Å². The van der Waals surface area contributed by atoms with Crippen molar-refractivity contribution in [3.8, 4) is 11.5 Å². The summed E-state index contributed by atoms with van der Waals surface area (Å²) in [7, 11) is 0. The molecular weight excluding hydrogens is 350 g/mol. The zero-order chi connectivity index (χ0) is 19.5. The lowest BCUT2D eigenvalue weighted by Gasteiger charge is -2.45. The molecule has 2 aromatic carbocycles. The van der Waals surface area contributed by atoms with Gasteiger partial charge in [-0.25, -0.2) is 0 Å². The topological polar surface area (TPSA) is 44.3 Å². The van der Waals surface area contributed by atoms with Crippen LogP contribution >= 0.6 is 0 Å². The van der Waals surface area contributed by atoms with Crippen LogP contribution < -0.4 is 14.8 Å². The highest BCUT2D eigenvalue weighted by Gasteiger charge is 2.40. The van der Waals surface area contributed by atoms with E-state index in [9.17, 15) is 0 Å². The van der Waals surface area contributed by atoms with Crippen LogP contribution in [0.25, 0.3) is 0 Å². The van der Waals surface area contributed by atoms with Gasteiger partial charge in [0.1, 0.15) is 6.54 Å². The van der Waals surface area contributed by atoms with Crippen molar-refractivity contribution in [3.05, 3.63) is 59.7 Å². The van der Waals surface area contributed by atoms with Crippen LogP contribution in [0.1, 0.15) is 44.2 Å². The van der Waals surface area contributed by atoms with Crippen molar-refractivity contribution in [2.75, 3.05) is 19.9 Å². The Hall–Kier alpha value is -2.04. The van der Waals surface area contributed by atoms with E-state index in [1.807, 2.05) is 6.07 Å². The van der Waals surface area contributed by atoms with Gasteiger partial charge in [0.25, 0.3) is 0 Å². The highest BCUT2D eigenvalue weighted by atomic mass is 16.7. The first-order valence-electron chi connectivity index (χ1n) is 10.4. The van der Waals surface area contributed by atoms with Crippen LogP contribution in [0.4, 0.5) is 0 Å². The summed E-state index contributed by atoms with van der Waals surface area (Å²) in [6.45, 7) is 7.77. The lowest BCUT2D eigenvalue weighted by Crippen LogP contribution is -2.83. The number of quaternary nitrogens is 1. The lowest BCUT2D eigenvalue weighted by atomic mass is 9.68. The molecule has 0 saturated carbocycles. The van der Waals surface area contributed by atoms with E-state index >= 15 is 0 Å². The summed E-state index contributed by atoms with van der Waals surface area (Å²) >= 11 is 0. The zero-order valence-corrected chi connectivity index (χ0v) is 17.1. The molecule has 0 bridgehead atoms. The van der Waals surface area contributed by atoms with Crippen LogP contribution in [0.15, 0.2) is 48.5 Å². The molecule has 4 rings (SSSR count). The van der Waals surface area contributed by atoms with Crippen LogP contribution in [0.5, 0.6) is 11.5 Å². The zero-order valence-electron chi connectivity index (χ0n) is 17.1. The predicted octanol–water partition coefficient (Wildman–Crippen LogP) is 3.69. The van der Waals surface area contributed by atoms with Crippen LogP contribution in [-0.4, -0.2) is 25.5 Å². The van der Waals surface area contributed by atoms with Crippen LogP contribution in [0.3, 0.4) is 0 Å². The van der Waals surface area contributed by atoms with Crippen molar-refractivity contribution in [3.63, 3.8) is 0 Å². The minimum absolute atomic E-state index is 0.0373. The van der Waals surface area contributed by atoms with Gasteiger partial charge in [0.2, 0.25) is 6.79 Å². The van der Waals surface area contributed by atoms with Gasteiger partial charge in [0.15, 0.2) is 11.5 Å². The lowest BCUT2D eigenvalue weighted by molar-refractivity contribution is -0.672. The molecule has 2 aliphatic rings. The van der Waals surface area contributed by atoms with Crippen molar-refractivity contribution in [2.45, 2.75) is 51.7 Å². The van der Waals surface area contributed by atoms with Gasteiger partial charge >= 0.3 is 0 Å². The minimum atomic E-state index is -0.0373. The van der Waals surface area contributed by atoms with E-state index in [1.54, 1.807) is 0 Å². The molecule has 0 amide bonds. The van der Waals surface area contributed by atoms with Gasteiger partial charge in [-0.2, -0.15) is 0 Å².